The molecule has 0 radical (unpaired) electrons. The van der Waals surface area contributed by atoms with Crippen molar-refractivity contribution in [2.24, 2.45) is 0 Å². The van der Waals surface area contributed by atoms with E-state index in [0.29, 0.717) is 16.7 Å². The molecule has 0 fully saturated rings. The number of hydrogen-bond donors (Lipinski definition) is 2. The van der Waals surface area contributed by atoms with Crippen molar-refractivity contribution in [1.82, 2.24) is 0 Å². The monoisotopic (exact) mass is 421 g/mol. The first-order valence-corrected chi connectivity index (χ1v) is 9.23. The summed E-state index contributed by atoms with van der Waals surface area (Å²) in [6.45, 7) is 3.45. The molecular formula is C22H22F3NO4. The van der Waals surface area contributed by atoms with Gasteiger partial charge in [-0.1, -0.05) is 30.3 Å². The summed E-state index contributed by atoms with van der Waals surface area (Å²) < 4.78 is 43.3. The molecule has 0 heterocycles. The minimum atomic E-state index is -4.46. The quantitative estimate of drug-likeness (QED) is 0.591. The van der Waals surface area contributed by atoms with Crippen LogP contribution in [0, 0.1) is 5.41 Å². The minimum absolute atomic E-state index is 0.0712. The van der Waals surface area contributed by atoms with Gasteiger partial charge in [-0.25, -0.2) is 4.79 Å². The number of carbonyl (C=O) groups is 2. The zero-order valence-electron chi connectivity index (χ0n) is 16.5. The van der Waals surface area contributed by atoms with Gasteiger partial charge in [-0.15, -0.1) is 0 Å². The normalized spacial score (nSPS) is 12.6. The average molecular weight is 421 g/mol. The first-order valence-electron chi connectivity index (χ1n) is 9.23. The van der Waals surface area contributed by atoms with Crippen LogP contribution in [0.3, 0.4) is 0 Å². The summed E-state index contributed by atoms with van der Waals surface area (Å²) >= 11 is 0. The number of halogens is 3. The second-order valence-corrected chi connectivity index (χ2v) is 7.09. The lowest BCUT2D eigenvalue weighted by molar-refractivity contribution is -0.153. The molecule has 0 amide bonds. The highest BCUT2D eigenvalue weighted by Gasteiger charge is 2.30. The zero-order valence-corrected chi connectivity index (χ0v) is 16.5. The molecule has 0 aromatic heterocycles. The Morgan fingerprint density at radius 3 is 2.23 bits per heavy atom. The fourth-order valence-corrected chi connectivity index (χ4v) is 2.84. The SMILES string of the molecule is CC(C)OC(Cc1cccc(C(=N)C(=O)Cc2ccc(C(F)(F)F)cc2)c1)C(=O)O. The summed E-state index contributed by atoms with van der Waals surface area (Å²) in [7, 11) is 0. The van der Waals surface area contributed by atoms with Crippen LogP contribution in [0.15, 0.2) is 48.5 Å². The highest BCUT2D eigenvalue weighted by molar-refractivity contribution is 6.45. The number of rotatable bonds is 9. The molecule has 2 N–H and O–H groups in total. The summed E-state index contributed by atoms with van der Waals surface area (Å²) in [6.07, 6.45) is -5.94. The van der Waals surface area contributed by atoms with Gasteiger partial charge in [0.15, 0.2) is 11.9 Å². The number of ether oxygens (including phenoxy) is 1. The summed E-state index contributed by atoms with van der Waals surface area (Å²) in [5, 5.41) is 17.4. The smallest absolute Gasteiger partial charge is 0.416 e. The van der Waals surface area contributed by atoms with Gasteiger partial charge in [0.1, 0.15) is 5.71 Å². The predicted molar refractivity (Wildman–Crippen MR) is 105 cm³/mol. The minimum Gasteiger partial charge on any atom is -0.479 e. The fourth-order valence-electron chi connectivity index (χ4n) is 2.84. The van der Waals surface area contributed by atoms with Crippen LogP contribution in [0.25, 0.3) is 0 Å². The number of ketones is 1. The van der Waals surface area contributed by atoms with Crippen LogP contribution in [0.5, 0.6) is 0 Å². The molecule has 160 valence electrons. The molecule has 8 heteroatoms. The van der Waals surface area contributed by atoms with Gasteiger partial charge in [-0.2, -0.15) is 13.2 Å². The van der Waals surface area contributed by atoms with Crippen molar-refractivity contribution >= 4 is 17.5 Å². The van der Waals surface area contributed by atoms with Crippen molar-refractivity contribution in [2.45, 2.75) is 45.1 Å². The second kappa shape index (κ2) is 9.67. The van der Waals surface area contributed by atoms with Crippen molar-refractivity contribution in [3.8, 4) is 0 Å². The number of hydrogen-bond acceptors (Lipinski definition) is 4. The maximum Gasteiger partial charge on any atom is 0.416 e. The largest absolute Gasteiger partial charge is 0.479 e. The van der Waals surface area contributed by atoms with Crippen LogP contribution in [-0.2, 0) is 33.3 Å². The lowest BCUT2D eigenvalue weighted by Crippen LogP contribution is -2.29. The summed E-state index contributed by atoms with van der Waals surface area (Å²) in [5.41, 5.74) is 0.155. The molecule has 0 aliphatic rings. The number of nitrogens with one attached hydrogen (secondary N) is 1. The maximum absolute atomic E-state index is 12.6. The zero-order chi connectivity index (χ0) is 22.5. The van der Waals surface area contributed by atoms with Crippen molar-refractivity contribution in [1.29, 1.82) is 5.41 Å². The van der Waals surface area contributed by atoms with Crippen LogP contribution >= 0.6 is 0 Å². The predicted octanol–water partition coefficient (Wildman–Crippen LogP) is 4.31. The third kappa shape index (κ3) is 6.52. The van der Waals surface area contributed by atoms with Crippen LogP contribution in [0.1, 0.15) is 36.1 Å². The molecule has 0 aliphatic heterocycles. The lowest BCUT2D eigenvalue weighted by atomic mass is 9.97. The molecule has 1 atom stereocenters. The van der Waals surface area contributed by atoms with E-state index in [2.05, 4.69) is 0 Å². The topological polar surface area (TPSA) is 87.5 Å². The molecule has 0 spiro atoms. The molecular weight excluding hydrogens is 399 g/mol. The maximum atomic E-state index is 12.6. The van der Waals surface area contributed by atoms with Gasteiger partial charge >= 0.3 is 12.1 Å². The Hall–Kier alpha value is -3.00. The lowest BCUT2D eigenvalue weighted by Gasteiger charge is -2.17. The van der Waals surface area contributed by atoms with Gasteiger partial charge in [0.2, 0.25) is 0 Å². The van der Waals surface area contributed by atoms with E-state index in [4.69, 9.17) is 10.1 Å². The summed E-state index contributed by atoms with van der Waals surface area (Å²) in [6, 6.07) is 10.6. The van der Waals surface area contributed by atoms with Crippen molar-refractivity contribution in [2.75, 3.05) is 0 Å². The Morgan fingerprint density at radius 2 is 1.70 bits per heavy atom. The number of aliphatic carboxylic acids is 1. The molecule has 2 rings (SSSR count). The highest BCUT2D eigenvalue weighted by Crippen LogP contribution is 2.29. The molecule has 0 aliphatic carbocycles. The van der Waals surface area contributed by atoms with Crippen LogP contribution in [-0.4, -0.2) is 34.8 Å². The van der Waals surface area contributed by atoms with Crippen molar-refractivity contribution in [3.63, 3.8) is 0 Å². The number of Topliss-reactive ketones (excluding diaryl/α,β-unsaturated/α-hetero) is 1. The Bertz CT molecular complexity index is 921. The number of benzene rings is 2. The molecule has 0 bridgehead atoms. The molecule has 0 saturated heterocycles. The van der Waals surface area contributed by atoms with Gasteiger partial charge in [0, 0.05) is 18.4 Å². The van der Waals surface area contributed by atoms with Gasteiger partial charge in [0.05, 0.1) is 11.7 Å². The van der Waals surface area contributed by atoms with E-state index in [0.717, 1.165) is 12.1 Å². The number of carbonyl (C=O) groups excluding carboxylic acids is 1. The van der Waals surface area contributed by atoms with Crippen molar-refractivity contribution in [3.05, 3.63) is 70.8 Å². The standard InChI is InChI=1S/C22H22F3NO4/c1-13(2)30-19(21(28)29)12-15-4-3-5-16(10-15)20(26)18(27)11-14-6-8-17(9-7-14)22(23,24)25/h3-10,13,19,26H,11-12H2,1-2H3,(H,28,29). The number of carboxylic acids is 1. The molecule has 2 aromatic rings. The average Bonchev–Trinajstić information content (AvgIpc) is 2.66. The second-order valence-electron chi connectivity index (χ2n) is 7.09. The van der Waals surface area contributed by atoms with E-state index in [1.165, 1.54) is 12.1 Å². The van der Waals surface area contributed by atoms with Crippen LogP contribution in [0.4, 0.5) is 13.2 Å². The molecule has 1 unspecified atom stereocenters. The molecule has 0 saturated carbocycles. The van der Waals surface area contributed by atoms with E-state index in [9.17, 15) is 27.9 Å². The first-order chi connectivity index (χ1) is 14.0. The van der Waals surface area contributed by atoms with Gasteiger partial charge in [0.25, 0.3) is 0 Å². The Labute approximate surface area is 172 Å². The van der Waals surface area contributed by atoms with Crippen molar-refractivity contribution < 1.29 is 32.6 Å². The molecule has 2 aromatic carbocycles. The fraction of sp³-hybridized carbons (Fsp3) is 0.318. The van der Waals surface area contributed by atoms with E-state index in [1.807, 2.05) is 0 Å². The van der Waals surface area contributed by atoms with E-state index in [-0.39, 0.29) is 24.7 Å². The van der Waals surface area contributed by atoms with E-state index in [1.54, 1.807) is 38.1 Å². The van der Waals surface area contributed by atoms with Gasteiger partial charge in [-0.05, 0) is 43.2 Å². The highest BCUT2D eigenvalue weighted by atomic mass is 19.4. The Morgan fingerprint density at radius 1 is 1.07 bits per heavy atom. The Kier molecular flexibility index (Phi) is 7.50. The molecule has 5 nitrogen and oxygen atoms in total. The van der Waals surface area contributed by atoms with E-state index < -0.39 is 29.6 Å². The third-order valence-electron chi connectivity index (χ3n) is 4.27. The number of carboxylic acid groups (broad SMARTS) is 1. The molecule has 30 heavy (non-hydrogen) atoms. The first kappa shape index (κ1) is 23.3. The van der Waals surface area contributed by atoms with Gasteiger partial charge < -0.3 is 9.84 Å². The summed E-state index contributed by atoms with van der Waals surface area (Å²) in [5.74, 6) is -1.66. The van der Waals surface area contributed by atoms with Crippen LogP contribution < -0.4 is 0 Å². The Balaban J connectivity index is 2.10. The number of alkyl halides is 3. The third-order valence-corrected chi connectivity index (χ3v) is 4.27. The van der Waals surface area contributed by atoms with Gasteiger partial charge in [-0.3, -0.25) is 10.2 Å². The summed E-state index contributed by atoms with van der Waals surface area (Å²) in [4.78, 5) is 23.8. The van der Waals surface area contributed by atoms with E-state index >= 15 is 0 Å². The van der Waals surface area contributed by atoms with Crippen LogP contribution in [0.2, 0.25) is 0 Å².